The van der Waals surface area contributed by atoms with Crippen LogP contribution in [0.15, 0.2) is 60.8 Å². The Labute approximate surface area is 182 Å². The number of para-hydroxylation sites is 1. The molecule has 0 radical (unpaired) electrons. The van der Waals surface area contributed by atoms with Gasteiger partial charge in [-0.15, -0.1) is 0 Å². The summed E-state index contributed by atoms with van der Waals surface area (Å²) in [5, 5.41) is 1.30. The summed E-state index contributed by atoms with van der Waals surface area (Å²) in [7, 11) is 0. The molecule has 0 aliphatic carbocycles. The Morgan fingerprint density at radius 1 is 1.00 bits per heavy atom. The lowest BCUT2D eigenvalue weighted by atomic mass is 9.89. The molecule has 3 heterocycles. The number of carbonyl (C=O) groups is 2. The summed E-state index contributed by atoms with van der Waals surface area (Å²) in [6, 6.07) is 16.3. The molecular formula is C26H27N3O2. The Morgan fingerprint density at radius 3 is 2.52 bits per heavy atom. The highest BCUT2D eigenvalue weighted by Gasteiger charge is 2.24. The Balaban J connectivity index is 1.18. The first-order valence-electron chi connectivity index (χ1n) is 11.1. The average molecular weight is 414 g/mol. The van der Waals surface area contributed by atoms with E-state index < -0.39 is 0 Å². The minimum absolute atomic E-state index is 0.0659. The number of piperidine rings is 1. The lowest BCUT2D eigenvalue weighted by Gasteiger charge is -2.31. The number of hydrogen-bond acceptors (Lipinski definition) is 2. The van der Waals surface area contributed by atoms with Crippen molar-refractivity contribution in [1.82, 2.24) is 9.88 Å². The van der Waals surface area contributed by atoms with E-state index in [-0.39, 0.29) is 11.8 Å². The van der Waals surface area contributed by atoms with Crippen LogP contribution in [0.5, 0.6) is 0 Å². The molecule has 0 spiro atoms. The molecule has 31 heavy (non-hydrogen) atoms. The summed E-state index contributed by atoms with van der Waals surface area (Å²) >= 11 is 0. The predicted octanol–water partition coefficient (Wildman–Crippen LogP) is 4.71. The Morgan fingerprint density at radius 2 is 1.77 bits per heavy atom. The molecule has 0 bridgehead atoms. The van der Waals surface area contributed by atoms with E-state index in [0.29, 0.717) is 12.3 Å². The number of benzene rings is 2. The lowest BCUT2D eigenvalue weighted by molar-refractivity contribution is -0.127. The van der Waals surface area contributed by atoms with Gasteiger partial charge in [-0.1, -0.05) is 30.3 Å². The zero-order valence-electron chi connectivity index (χ0n) is 17.6. The van der Waals surface area contributed by atoms with Crippen molar-refractivity contribution in [3.05, 3.63) is 71.9 Å². The lowest BCUT2D eigenvalue weighted by Crippen LogP contribution is -2.36. The van der Waals surface area contributed by atoms with Gasteiger partial charge >= 0.3 is 0 Å². The number of aromatic nitrogens is 1. The summed E-state index contributed by atoms with van der Waals surface area (Å²) in [5.41, 5.74) is 4.46. The molecule has 5 nitrogen and oxygen atoms in total. The zero-order chi connectivity index (χ0) is 21.2. The van der Waals surface area contributed by atoms with E-state index in [1.165, 1.54) is 16.5 Å². The first kappa shape index (κ1) is 19.6. The van der Waals surface area contributed by atoms with Crippen molar-refractivity contribution >= 4 is 34.5 Å². The summed E-state index contributed by atoms with van der Waals surface area (Å²) in [5.74, 6) is 0.746. The number of aromatic amines is 1. The van der Waals surface area contributed by atoms with Gasteiger partial charge in [-0.2, -0.15) is 0 Å². The van der Waals surface area contributed by atoms with Gasteiger partial charge in [0.1, 0.15) is 0 Å². The van der Waals surface area contributed by atoms with Crippen LogP contribution >= 0.6 is 0 Å². The van der Waals surface area contributed by atoms with Gasteiger partial charge in [-0.05, 0) is 60.6 Å². The van der Waals surface area contributed by atoms with E-state index in [9.17, 15) is 9.59 Å². The van der Waals surface area contributed by atoms with Gasteiger partial charge in [0.05, 0.1) is 0 Å². The third-order valence-corrected chi connectivity index (χ3v) is 6.56. The molecule has 2 amide bonds. The second kappa shape index (κ2) is 8.42. The van der Waals surface area contributed by atoms with E-state index in [1.807, 2.05) is 40.1 Å². The summed E-state index contributed by atoms with van der Waals surface area (Å²) < 4.78 is 0. The maximum Gasteiger partial charge on any atom is 0.246 e. The van der Waals surface area contributed by atoms with Crippen molar-refractivity contribution in [2.75, 3.05) is 24.5 Å². The molecule has 158 valence electrons. The van der Waals surface area contributed by atoms with Gasteiger partial charge < -0.3 is 14.8 Å². The molecule has 1 aromatic heterocycles. The second-order valence-corrected chi connectivity index (χ2v) is 8.46. The van der Waals surface area contributed by atoms with Gasteiger partial charge in [0, 0.05) is 54.9 Å². The third kappa shape index (κ3) is 4.00. The molecule has 5 rings (SSSR count). The van der Waals surface area contributed by atoms with Crippen LogP contribution in [-0.4, -0.2) is 41.3 Å². The first-order valence-corrected chi connectivity index (χ1v) is 11.1. The van der Waals surface area contributed by atoms with Crippen LogP contribution in [0.1, 0.15) is 42.7 Å². The number of likely N-dealkylation sites (tertiary alicyclic amines) is 1. The van der Waals surface area contributed by atoms with Gasteiger partial charge in [-0.3, -0.25) is 9.59 Å². The fourth-order valence-electron chi connectivity index (χ4n) is 4.80. The molecule has 0 atom stereocenters. The summed E-state index contributed by atoms with van der Waals surface area (Å²) in [4.78, 5) is 31.7. The highest BCUT2D eigenvalue weighted by molar-refractivity contribution is 5.95. The third-order valence-electron chi connectivity index (χ3n) is 6.56. The highest BCUT2D eigenvalue weighted by atomic mass is 16.2. The normalized spacial score (nSPS) is 17.9. The fourth-order valence-corrected chi connectivity index (χ4v) is 4.80. The van der Waals surface area contributed by atoms with Gasteiger partial charge in [0.2, 0.25) is 11.8 Å². The molecule has 0 saturated carbocycles. The predicted molar refractivity (Wildman–Crippen MR) is 124 cm³/mol. The van der Waals surface area contributed by atoms with Gasteiger partial charge in [0.15, 0.2) is 0 Å². The van der Waals surface area contributed by atoms with Gasteiger partial charge in [-0.25, -0.2) is 0 Å². The van der Waals surface area contributed by atoms with Crippen molar-refractivity contribution in [2.45, 2.75) is 31.6 Å². The molecule has 2 aliphatic rings. The molecule has 0 unspecified atom stereocenters. The number of anilines is 1. The second-order valence-electron chi connectivity index (χ2n) is 8.46. The first-order chi connectivity index (χ1) is 15.2. The Bertz CT molecular complexity index is 1120. The van der Waals surface area contributed by atoms with E-state index >= 15 is 0 Å². The van der Waals surface area contributed by atoms with E-state index in [2.05, 4.69) is 35.4 Å². The minimum atomic E-state index is 0.0659. The van der Waals surface area contributed by atoms with Crippen molar-refractivity contribution in [1.29, 1.82) is 0 Å². The Kier molecular flexibility index (Phi) is 5.33. The number of carbonyl (C=O) groups excluding carboxylic acids is 2. The zero-order valence-corrected chi connectivity index (χ0v) is 17.6. The van der Waals surface area contributed by atoms with Crippen LogP contribution in [0.2, 0.25) is 0 Å². The quantitative estimate of drug-likeness (QED) is 0.630. The van der Waals surface area contributed by atoms with Crippen LogP contribution in [0.3, 0.4) is 0 Å². The molecule has 3 aromatic rings. The van der Waals surface area contributed by atoms with Crippen LogP contribution < -0.4 is 4.90 Å². The number of nitrogens with zero attached hydrogens (tertiary/aromatic N) is 2. The van der Waals surface area contributed by atoms with Crippen LogP contribution in [0.4, 0.5) is 5.69 Å². The summed E-state index contributed by atoms with van der Waals surface area (Å²) in [6.07, 6.45) is 9.19. The van der Waals surface area contributed by atoms with Crippen LogP contribution in [0.25, 0.3) is 17.0 Å². The molecular weight excluding hydrogens is 386 g/mol. The van der Waals surface area contributed by atoms with E-state index in [1.54, 1.807) is 6.08 Å². The monoisotopic (exact) mass is 413 g/mol. The topological polar surface area (TPSA) is 56.4 Å². The number of nitrogens with one attached hydrogen (secondary N) is 1. The Hall–Kier alpha value is -3.34. The average Bonchev–Trinajstić information content (AvgIpc) is 3.44. The smallest absolute Gasteiger partial charge is 0.246 e. The minimum Gasteiger partial charge on any atom is -0.361 e. The maximum absolute atomic E-state index is 12.7. The molecule has 1 N–H and O–H groups in total. The molecule has 5 heteroatoms. The number of rotatable bonds is 4. The molecule has 2 saturated heterocycles. The number of H-pyrrole nitrogens is 1. The largest absolute Gasteiger partial charge is 0.361 e. The van der Waals surface area contributed by atoms with Crippen LogP contribution in [0, 0.1) is 0 Å². The highest BCUT2D eigenvalue weighted by Crippen LogP contribution is 2.33. The van der Waals surface area contributed by atoms with Crippen molar-refractivity contribution in [3.8, 4) is 0 Å². The van der Waals surface area contributed by atoms with Crippen molar-refractivity contribution < 1.29 is 9.59 Å². The van der Waals surface area contributed by atoms with Crippen LogP contribution in [-0.2, 0) is 9.59 Å². The van der Waals surface area contributed by atoms with Crippen molar-refractivity contribution in [2.24, 2.45) is 0 Å². The fraction of sp³-hybridized carbons (Fsp3) is 0.308. The van der Waals surface area contributed by atoms with Gasteiger partial charge in [0.25, 0.3) is 0 Å². The summed E-state index contributed by atoms with van der Waals surface area (Å²) in [6.45, 7) is 2.35. The number of amides is 2. The number of fused-ring (bicyclic) bond motifs is 1. The SMILES string of the molecule is O=C(/C=C/c1ccc(N2CCCC2=O)cc1)N1CCC(c2c[nH]c3ccccc23)CC1. The molecule has 2 fully saturated rings. The molecule has 2 aromatic carbocycles. The van der Waals surface area contributed by atoms with E-state index in [0.717, 1.165) is 50.1 Å². The standard InChI is InChI=1S/C26H27N3O2/c30-25(12-9-19-7-10-21(11-8-19)29-15-3-6-26(29)31)28-16-13-20(14-17-28)23-18-27-24-5-2-1-4-22(23)24/h1-2,4-5,7-12,18,20,27H,3,6,13-17H2/b12-9+. The number of hydrogen-bond donors (Lipinski definition) is 1. The molecule has 2 aliphatic heterocycles. The maximum atomic E-state index is 12.7. The van der Waals surface area contributed by atoms with E-state index in [4.69, 9.17) is 0 Å². The van der Waals surface area contributed by atoms with Crippen molar-refractivity contribution in [3.63, 3.8) is 0 Å².